The van der Waals surface area contributed by atoms with Crippen LogP contribution in [0, 0.1) is 5.92 Å². The fraction of sp³-hybridized carbons (Fsp3) is 1.00. The quantitative estimate of drug-likeness (QED) is 0.741. The third-order valence-corrected chi connectivity index (χ3v) is 5.36. The smallest absolute Gasteiger partial charge is 0.153 e. The molecule has 13 heavy (non-hydrogen) atoms. The van der Waals surface area contributed by atoms with Crippen LogP contribution in [0.3, 0.4) is 0 Å². The first kappa shape index (κ1) is 11.0. The van der Waals surface area contributed by atoms with Gasteiger partial charge in [0, 0.05) is 6.04 Å². The van der Waals surface area contributed by atoms with Crippen molar-refractivity contribution in [3.63, 3.8) is 0 Å². The molecular formula is C9H19NO2S. The van der Waals surface area contributed by atoms with Crippen molar-refractivity contribution in [2.75, 3.05) is 12.3 Å². The van der Waals surface area contributed by atoms with Crippen LogP contribution in [0.4, 0.5) is 0 Å². The van der Waals surface area contributed by atoms with Crippen LogP contribution in [0.25, 0.3) is 0 Å². The number of nitrogens with one attached hydrogen (secondary N) is 1. The van der Waals surface area contributed by atoms with Crippen LogP contribution >= 0.6 is 0 Å². The van der Waals surface area contributed by atoms with Crippen molar-refractivity contribution in [3.05, 3.63) is 0 Å². The highest BCUT2D eigenvalue weighted by Crippen LogP contribution is 2.28. The zero-order chi connectivity index (χ0) is 10.1. The molecule has 1 N–H and O–H groups in total. The maximum absolute atomic E-state index is 11.5. The fourth-order valence-corrected chi connectivity index (χ4v) is 3.99. The monoisotopic (exact) mass is 205 g/mol. The second-order valence-electron chi connectivity index (χ2n) is 3.87. The van der Waals surface area contributed by atoms with Gasteiger partial charge in [-0.2, -0.15) is 0 Å². The van der Waals surface area contributed by atoms with E-state index in [1.165, 1.54) is 0 Å². The fourth-order valence-electron chi connectivity index (χ4n) is 2.12. The van der Waals surface area contributed by atoms with Gasteiger partial charge >= 0.3 is 0 Å². The highest BCUT2D eigenvalue weighted by atomic mass is 32.2. The molecule has 0 aromatic heterocycles. The molecule has 0 spiro atoms. The molecule has 1 saturated heterocycles. The van der Waals surface area contributed by atoms with Crippen LogP contribution in [0.5, 0.6) is 0 Å². The van der Waals surface area contributed by atoms with Crippen molar-refractivity contribution >= 4 is 9.84 Å². The van der Waals surface area contributed by atoms with Crippen molar-refractivity contribution in [1.82, 2.24) is 5.32 Å². The topological polar surface area (TPSA) is 46.2 Å². The molecule has 4 heteroatoms. The highest BCUT2D eigenvalue weighted by Gasteiger charge is 2.38. The summed E-state index contributed by atoms with van der Waals surface area (Å²) in [5.41, 5.74) is 0. The Morgan fingerprint density at radius 1 is 1.54 bits per heavy atom. The summed E-state index contributed by atoms with van der Waals surface area (Å²) in [7, 11) is -2.78. The van der Waals surface area contributed by atoms with Crippen LogP contribution < -0.4 is 5.32 Å². The van der Waals surface area contributed by atoms with E-state index in [2.05, 4.69) is 12.2 Å². The predicted molar refractivity (Wildman–Crippen MR) is 54.5 cm³/mol. The molecule has 3 nitrogen and oxygen atoms in total. The highest BCUT2D eigenvalue weighted by molar-refractivity contribution is 7.92. The minimum absolute atomic E-state index is 0.165. The average molecular weight is 205 g/mol. The first-order chi connectivity index (χ1) is 5.99. The Morgan fingerprint density at radius 2 is 2.15 bits per heavy atom. The van der Waals surface area contributed by atoms with E-state index < -0.39 is 9.84 Å². The summed E-state index contributed by atoms with van der Waals surface area (Å²) in [5, 5.41) is 3.13. The molecule has 0 aromatic carbocycles. The molecule has 0 aliphatic carbocycles. The van der Waals surface area contributed by atoms with Gasteiger partial charge in [0.05, 0.1) is 11.0 Å². The SMILES string of the molecule is CCNC(C)C1CCS(=O)(=O)C1C. The largest absolute Gasteiger partial charge is 0.314 e. The van der Waals surface area contributed by atoms with E-state index in [1.807, 2.05) is 13.8 Å². The van der Waals surface area contributed by atoms with Crippen molar-refractivity contribution < 1.29 is 8.42 Å². The van der Waals surface area contributed by atoms with Crippen molar-refractivity contribution in [2.24, 2.45) is 5.92 Å². The van der Waals surface area contributed by atoms with Crippen LogP contribution in [-0.2, 0) is 9.84 Å². The van der Waals surface area contributed by atoms with Gasteiger partial charge in [0.25, 0.3) is 0 Å². The van der Waals surface area contributed by atoms with E-state index in [4.69, 9.17) is 0 Å². The Kier molecular flexibility index (Phi) is 3.35. The molecule has 78 valence electrons. The van der Waals surface area contributed by atoms with Gasteiger partial charge in [-0.1, -0.05) is 6.92 Å². The standard InChI is InChI=1S/C9H19NO2S/c1-4-10-7(2)9-5-6-13(11,12)8(9)3/h7-10H,4-6H2,1-3H3. The van der Waals surface area contributed by atoms with Gasteiger partial charge in [0.15, 0.2) is 9.84 Å². The number of hydrogen-bond acceptors (Lipinski definition) is 3. The Balaban J connectivity index is 2.65. The van der Waals surface area contributed by atoms with Gasteiger partial charge in [-0.3, -0.25) is 0 Å². The molecule has 0 amide bonds. The zero-order valence-corrected chi connectivity index (χ0v) is 9.39. The lowest BCUT2D eigenvalue weighted by atomic mass is 9.95. The summed E-state index contributed by atoms with van der Waals surface area (Å²) in [6, 6.07) is 0.317. The molecule has 0 saturated carbocycles. The maximum Gasteiger partial charge on any atom is 0.153 e. The summed E-state index contributed by atoms with van der Waals surface area (Å²) in [6.45, 7) is 6.86. The normalized spacial score (nSPS) is 34.7. The van der Waals surface area contributed by atoms with Crippen molar-refractivity contribution in [3.8, 4) is 0 Å². The summed E-state index contributed by atoms with van der Waals surface area (Å²) < 4.78 is 22.9. The maximum atomic E-state index is 11.5. The number of rotatable bonds is 3. The van der Waals surface area contributed by atoms with Crippen LogP contribution in [0.2, 0.25) is 0 Å². The van der Waals surface area contributed by atoms with Crippen LogP contribution in [0.1, 0.15) is 27.2 Å². The lowest BCUT2D eigenvalue weighted by Crippen LogP contribution is -2.37. The first-order valence-electron chi connectivity index (χ1n) is 4.94. The van der Waals surface area contributed by atoms with Crippen LogP contribution in [0.15, 0.2) is 0 Å². The lowest BCUT2D eigenvalue weighted by molar-refractivity contribution is 0.379. The van der Waals surface area contributed by atoms with E-state index in [1.54, 1.807) is 0 Å². The predicted octanol–water partition coefficient (Wildman–Crippen LogP) is 0.808. The molecule has 1 fully saturated rings. The molecule has 1 rings (SSSR count). The summed E-state index contributed by atoms with van der Waals surface area (Å²) in [4.78, 5) is 0. The zero-order valence-electron chi connectivity index (χ0n) is 8.58. The van der Waals surface area contributed by atoms with Gasteiger partial charge in [0.2, 0.25) is 0 Å². The van der Waals surface area contributed by atoms with Gasteiger partial charge in [0.1, 0.15) is 0 Å². The minimum Gasteiger partial charge on any atom is -0.314 e. The third kappa shape index (κ3) is 2.23. The van der Waals surface area contributed by atoms with Gasteiger partial charge < -0.3 is 5.32 Å². The third-order valence-electron chi connectivity index (χ3n) is 3.07. The lowest BCUT2D eigenvalue weighted by Gasteiger charge is -2.22. The Morgan fingerprint density at radius 3 is 2.54 bits per heavy atom. The minimum atomic E-state index is -2.78. The number of hydrogen-bond donors (Lipinski definition) is 1. The molecular weight excluding hydrogens is 186 g/mol. The van der Waals surface area contributed by atoms with Crippen molar-refractivity contribution in [2.45, 2.75) is 38.5 Å². The van der Waals surface area contributed by atoms with E-state index in [9.17, 15) is 8.42 Å². The van der Waals surface area contributed by atoms with E-state index in [-0.39, 0.29) is 5.25 Å². The van der Waals surface area contributed by atoms with Crippen molar-refractivity contribution in [1.29, 1.82) is 0 Å². The summed E-state index contributed by atoms with van der Waals surface area (Å²) in [5.74, 6) is 0.666. The van der Waals surface area contributed by atoms with E-state index >= 15 is 0 Å². The second-order valence-corrected chi connectivity index (χ2v) is 6.35. The van der Waals surface area contributed by atoms with Gasteiger partial charge in [-0.05, 0) is 32.7 Å². The number of sulfone groups is 1. The molecule has 3 unspecified atom stereocenters. The molecule has 0 bridgehead atoms. The van der Waals surface area contributed by atoms with Gasteiger partial charge in [-0.25, -0.2) is 8.42 Å². The summed E-state index contributed by atoms with van der Waals surface area (Å²) in [6.07, 6.45) is 0.817. The Hall–Kier alpha value is -0.0900. The Labute approximate surface area is 80.8 Å². The van der Waals surface area contributed by atoms with E-state index in [0.29, 0.717) is 17.7 Å². The molecule has 0 aromatic rings. The van der Waals surface area contributed by atoms with E-state index in [0.717, 1.165) is 13.0 Å². The average Bonchev–Trinajstić information content (AvgIpc) is 2.28. The molecule has 1 heterocycles. The molecule has 1 aliphatic rings. The van der Waals surface area contributed by atoms with Gasteiger partial charge in [-0.15, -0.1) is 0 Å². The molecule has 1 aliphatic heterocycles. The van der Waals surface area contributed by atoms with Crippen LogP contribution in [-0.4, -0.2) is 32.0 Å². The first-order valence-corrected chi connectivity index (χ1v) is 6.65. The molecule has 0 radical (unpaired) electrons. The summed E-state index contributed by atoms with van der Waals surface area (Å²) >= 11 is 0. The second kappa shape index (κ2) is 3.96. The molecule has 3 atom stereocenters. The Bertz CT molecular complexity index is 261.